The molecule has 1 heterocycles. The molecule has 124 valence electrons. The molecule has 1 aromatic carbocycles. The summed E-state index contributed by atoms with van der Waals surface area (Å²) >= 11 is 1.28. The number of amides is 1. The van der Waals surface area contributed by atoms with Crippen LogP contribution in [-0.4, -0.2) is 30.4 Å². The van der Waals surface area contributed by atoms with E-state index in [9.17, 15) is 9.59 Å². The number of hydrogen-bond donors (Lipinski definition) is 0. The van der Waals surface area contributed by atoms with Gasteiger partial charge < -0.3 is 14.4 Å². The Balaban J connectivity index is 2.38. The van der Waals surface area contributed by atoms with E-state index in [-0.39, 0.29) is 12.5 Å². The SMILES string of the molecule is COc1cc(C=C2SC=CN(CC#N)C2=O)cc(C)c1OC(C)=O. The second-order valence-corrected chi connectivity index (χ2v) is 5.91. The van der Waals surface area contributed by atoms with Crippen LogP contribution in [0.5, 0.6) is 11.5 Å². The molecule has 0 atom stereocenters. The molecule has 0 aliphatic carbocycles. The van der Waals surface area contributed by atoms with E-state index in [1.807, 2.05) is 6.07 Å². The van der Waals surface area contributed by atoms with Gasteiger partial charge in [-0.1, -0.05) is 11.8 Å². The molecule has 0 N–H and O–H groups in total. The van der Waals surface area contributed by atoms with Gasteiger partial charge in [-0.25, -0.2) is 0 Å². The van der Waals surface area contributed by atoms with Crippen LogP contribution in [-0.2, 0) is 9.59 Å². The average Bonchev–Trinajstić information content (AvgIpc) is 2.53. The fourth-order valence-electron chi connectivity index (χ4n) is 2.16. The van der Waals surface area contributed by atoms with Gasteiger partial charge in [0.25, 0.3) is 5.91 Å². The molecule has 0 aromatic heterocycles. The zero-order valence-corrected chi connectivity index (χ0v) is 14.3. The summed E-state index contributed by atoms with van der Waals surface area (Å²) in [6.45, 7) is 3.11. The number of rotatable bonds is 4. The number of esters is 1. The molecule has 1 aliphatic rings. The molecule has 0 saturated heterocycles. The van der Waals surface area contributed by atoms with E-state index >= 15 is 0 Å². The number of nitriles is 1. The highest BCUT2D eigenvalue weighted by Gasteiger charge is 2.20. The Morgan fingerprint density at radius 1 is 1.46 bits per heavy atom. The van der Waals surface area contributed by atoms with E-state index in [1.54, 1.807) is 36.7 Å². The topological polar surface area (TPSA) is 79.6 Å². The zero-order chi connectivity index (χ0) is 17.7. The summed E-state index contributed by atoms with van der Waals surface area (Å²) in [5, 5.41) is 10.5. The Morgan fingerprint density at radius 2 is 2.21 bits per heavy atom. The van der Waals surface area contributed by atoms with Crippen molar-refractivity contribution in [1.82, 2.24) is 4.90 Å². The van der Waals surface area contributed by atoms with Gasteiger partial charge in [-0.3, -0.25) is 9.59 Å². The van der Waals surface area contributed by atoms with Gasteiger partial charge in [0, 0.05) is 13.1 Å². The molecule has 7 heteroatoms. The summed E-state index contributed by atoms with van der Waals surface area (Å²) in [7, 11) is 1.48. The van der Waals surface area contributed by atoms with Crippen molar-refractivity contribution >= 4 is 29.7 Å². The van der Waals surface area contributed by atoms with Crippen molar-refractivity contribution in [3.05, 3.63) is 39.8 Å². The Kier molecular flexibility index (Phi) is 5.66. The highest BCUT2D eigenvalue weighted by molar-refractivity contribution is 8.06. The first kappa shape index (κ1) is 17.6. The maximum atomic E-state index is 12.3. The normalized spacial score (nSPS) is 15.3. The second kappa shape index (κ2) is 7.70. The van der Waals surface area contributed by atoms with Crippen LogP contribution in [0.4, 0.5) is 0 Å². The summed E-state index contributed by atoms with van der Waals surface area (Å²) in [4.78, 5) is 25.3. The molecule has 0 radical (unpaired) electrons. The molecular weight excluding hydrogens is 328 g/mol. The number of carbonyl (C=O) groups is 2. The van der Waals surface area contributed by atoms with Gasteiger partial charge >= 0.3 is 5.97 Å². The van der Waals surface area contributed by atoms with Gasteiger partial charge in [0.05, 0.1) is 18.1 Å². The van der Waals surface area contributed by atoms with E-state index in [2.05, 4.69) is 0 Å². The first-order valence-corrected chi connectivity index (χ1v) is 7.94. The third-order valence-corrected chi connectivity index (χ3v) is 3.98. The van der Waals surface area contributed by atoms with Crippen molar-refractivity contribution in [1.29, 1.82) is 5.26 Å². The monoisotopic (exact) mass is 344 g/mol. The summed E-state index contributed by atoms with van der Waals surface area (Å²) in [6.07, 6.45) is 3.30. The Morgan fingerprint density at radius 3 is 2.83 bits per heavy atom. The van der Waals surface area contributed by atoms with Crippen molar-refractivity contribution in [2.75, 3.05) is 13.7 Å². The minimum Gasteiger partial charge on any atom is -0.493 e. The standard InChI is InChI=1S/C17H16N2O4S/c1-11-8-13(9-14(22-3)16(11)23-12(2)20)10-15-17(21)19(5-4-18)6-7-24-15/h6-10H,5H2,1-3H3. The number of aryl methyl sites for hydroxylation is 1. The third kappa shape index (κ3) is 3.97. The lowest BCUT2D eigenvalue weighted by Crippen LogP contribution is -2.28. The number of carbonyl (C=O) groups excluding carboxylic acids is 2. The molecule has 0 bridgehead atoms. The van der Waals surface area contributed by atoms with E-state index in [0.717, 1.165) is 5.56 Å². The average molecular weight is 344 g/mol. The maximum absolute atomic E-state index is 12.3. The van der Waals surface area contributed by atoms with Gasteiger partial charge in [0.15, 0.2) is 11.5 Å². The first-order chi connectivity index (χ1) is 11.5. The van der Waals surface area contributed by atoms with Crippen molar-refractivity contribution in [3.8, 4) is 17.6 Å². The predicted octanol–water partition coefficient (Wildman–Crippen LogP) is 2.84. The lowest BCUT2D eigenvalue weighted by molar-refractivity contribution is -0.132. The number of ether oxygens (including phenoxy) is 2. The summed E-state index contributed by atoms with van der Waals surface area (Å²) in [5.41, 5.74) is 1.46. The number of benzene rings is 1. The van der Waals surface area contributed by atoms with Gasteiger partial charge in [0.2, 0.25) is 0 Å². The fourth-order valence-corrected chi connectivity index (χ4v) is 2.94. The molecule has 24 heavy (non-hydrogen) atoms. The van der Waals surface area contributed by atoms with Crippen LogP contribution in [0.25, 0.3) is 6.08 Å². The first-order valence-electron chi connectivity index (χ1n) is 7.06. The van der Waals surface area contributed by atoms with Gasteiger partial charge in [0.1, 0.15) is 6.54 Å². The number of hydrogen-bond acceptors (Lipinski definition) is 6. The number of methoxy groups -OCH3 is 1. The lowest BCUT2D eigenvalue weighted by Gasteiger charge is -2.20. The molecule has 0 saturated carbocycles. The fraction of sp³-hybridized carbons (Fsp3) is 0.235. The smallest absolute Gasteiger partial charge is 0.308 e. The lowest BCUT2D eigenvalue weighted by atomic mass is 10.1. The van der Waals surface area contributed by atoms with E-state index in [1.165, 1.54) is 30.7 Å². The van der Waals surface area contributed by atoms with Crippen LogP contribution < -0.4 is 9.47 Å². The molecular formula is C17H16N2O4S. The Hall–Kier alpha value is -2.72. The highest BCUT2D eigenvalue weighted by Crippen LogP contribution is 2.35. The molecule has 1 amide bonds. The van der Waals surface area contributed by atoms with Crippen LogP contribution >= 0.6 is 11.8 Å². The van der Waals surface area contributed by atoms with E-state index < -0.39 is 5.97 Å². The minimum absolute atomic E-state index is 0.000964. The molecule has 1 aromatic rings. The Bertz CT molecular complexity index is 778. The molecule has 2 rings (SSSR count). The van der Waals surface area contributed by atoms with Crippen LogP contribution in [0, 0.1) is 18.3 Å². The van der Waals surface area contributed by atoms with Gasteiger partial charge in [-0.15, -0.1) is 0 Å². The quantitative estimate of drug-likeness (QED) is 0.362. The van der Waals surface area contributed by atoms with Crippen LogP contribution in [0.3, 0.4) is 0 Å². The van der Waals surface area contributed by atoms with Crippen LogP contribution in [0.1, 0.15) is 18.1 Å². The zero-order valence-electron chi connectivity index (χ0n) is 13.5. The van der Waals surface area contributed by atoms with Gasteiger partial charge in [-0.2, -0.15) is 5.26 Å². The van der Waals surface area contributed by atoms with Gasteiger partial charge in [-0.05, 0) is 41.7 Å². The van der Waals surface area contributed by atoms with Crippen LogP contribution in [0.2, 0.25) is 0 Å². The summed E-state index contributed by atoms with van der Waals surface area (Å²) in [6, 6.07) is 5.45. The molecule has 0 unspecified atom stereocenters. The molecule has 6 nitrogen and oxygen atoms in total. The Labute approximate surface area is 144 Å². The molecule has 0 spiro atoms. The van der Waals surface area contributed by atoms with Crippen molar-refractivity contribution in [3.63, 3.8) is 0 Å². The van der Waals surface area contributed by atoms with Crippen molar-refractivity contribution in [2.45, 2.75) is 13.8 Å². The summed E-state index contributed by atoms with van der Waals surface area (Å²) < 4.78 is 10.4. The highest BCUT2D eigenvalue weighted by atomic mass is 32.2. The maximum Gasteiger partial charge on any atom is 0.308 e. The van der Waals surface area contributed by atoms with Crippen LogP contribution in [0.15, 0.2) is 28.6 Å². The number of nitrogens with zero attached hydrogens (tertiary/aromatic N) is 2. The third-order valence-electron chi connectivity index (χ3n) is 3.17. The van der Waals surface area contributed by atoms with E-state index in [4.69, 9.17) is 14.7 Å². The minimum atomic E-state index is -0.433. The number of thioether (sulfide) groups is 1. The molecule has 1 aliphatic heterocycles. The molecule has 0 fully saturated rings. The predicted molar refractivity (Wildman–Crippen MR) is 91.1 cm³/mol. The summed E-state index contributed by atoms with van der Waals surface area (Å²) in [5.74, 6) is 0.109. The van der Waals surface area contributed by atoms with Crippen molar-refractivity contribution in [2.24, 2.45) is 0 Å². The largest absolute Gasteiger partial charge is 0.493 e. The van der Waals surface area contributed by atoms with Crippen molar-refractivity contribution < 1.29 is 19.1 Å². The van der Waals surface area contributed by atoms with E-state index in [0.29, 0.717) is 22.0 Å². The second-order valence-electron chi connectivity index (χ2n) is 4.97.